The number of carbonyl (C=O) groups is 1. The topological polar surface area (TPSA) is 58.8 Å². The van der Waals surface area contributed by atoms with Gasteiger partial charge in [-0.05, 0) is 19.8 Å². The van der Waals surface area contributed by atoms with Crippen molar-refractivity contribution in [1.29, 1.82) is 0 Å². The Morgan fingerprint density at radius 2 is 2.19 bits per heavy atom. The number of hydrogen-bond acceptors (Lipinski definition) is 5. The molecule has 6 nitrogen and oxygen atoms in total. The molecule has 3 rings (SSSR count). The van der Waals surface area contributed by atoms with Gasteiger partial charge in [0.15, 0.2) is 0 Å². The van der Waals surface area contributed by atoms with E-state index in [9.17, 15) is 4.79 Å². The lowest BCUT2D eigenvalue weighted by molar-refractivity contribution is -0.145. The fraction of sp³-hybridized carbons (Fsp3) is 0.733. The molecular formula is C15H23N3O3. The Bertz CT molecular complexity index is 455. The maximum atomic E-state index is 12.6. The Kier molecular flexibility index (Phi) is 4.55. The number of rotatable bonds is 3. The van der Waals surface area contributed by atoms with E-state index in [4.69, 9.17) is 9.26 Å². The van der Waals surface area contributed by atoms with Gasteiger partial charge in [0, 0.05) is 45.4 Å². The van der Waals surface area contributed by atoms with Crippen LogP contribution >= 0.6 is 0 Å². The van der Waals surface area contributed by atoms with Crippen molar-refractivity contribution in [3.8, 4) is 0 Å². The molecule has 2 aliphatic heterocycles. The van der Waals surface area contributed by atoms with E-state index in [1.54, 1.807) is 6.26 Å². The molecule has 1 aromatic rings. The van der Waals surface area contributed by atoms with Crippen LogP contribution in [0.15, 0.2) is 16.9 Å². The third kappa shape index (κ3) is 3.44. The Hall–Kier alpha value is -1.40. The molecule has 0 aromatic carbocycles. The molecule has 2 aliphatic rings. The first kappa shape index (κ1) is 14.5. The highest BCUT2D eigenvalue weighted by atomic mass is 16.5. The minimum Gasteiger partial charge on any atom is -0.378 e. The minimum atomic E-state index is 0.0424. The first-order valence-electron chi connectivity index (χ1n) is 7.76. The largest absolute Gasteiger partial charge is 0.378 e. The van der Waals surface area contributed by atoms with Crippen molar-refractivity contribution in [3.05, 3.63) is 18.0 Å². The third-order valence-corrected chi connectivity index (χ3v) is 4.48. The predicted molar refractivity (Wildman–Crippen MR) is 76.5 cm³/mol. The summed E-state index contributed by atoms with van der Waals surface area (Å²) in [6.07, 6.45) is 3.60. The normalized spacial score (nSPS) is 27.8. The lowest BCUT2D eigenvalue weighted by Crippen LogP contribution is -2.52. The van der Waals surface area contributed by atoms with E-state index in [0.29, 0.717) is 0 Å². The number of piperazine rings is 1. The monoisotopic (exact) mass is 293 g/mol. The molecular weight excluding hydrogens is 270 g/mol. The first-order chi connectivity index (χ1) is 10.2. The Labute approximate surface area is 125 Å². The molecule has 2 atom stereocenters. The Balaban J connectivity index is 1.49. The average Bonchev–Trinajstić information content (AvgIpc) is 3.01. The second-order valence-electron chi connectivity index (χ2n) is 5.92. The molecule has 0 saturated carbocycles. The van der Waals surface area contributed by atoms with Crippen molar-refractivity contribution in [3.63, 3.8) is 0 Å². The van der Waals surface area contributed by atoms with E-state index in [-0.39, 0.29) is 17.9 Å². The zero-order chi connectivity index (χ0) is 14.7. The van der Waals surface area contributed by atoms with Gasteiger partial charge in [0.05, 0.1) is 17.7 Å². The first-order valence-corrected chi connectivity index (χ1v) is 7.76. The maximum Gasteiger partial charge on any atom is 0.228 e. The van der Waals surface area contributed by atoms with Crippen LogP contribution < -0.4 is 0 Å². The molecule has 0 N–H and O–H groups in total. The molecule has 0 radical (unpaired) electrons. The molecule has 0 aliphatic carbocycles. The lowest BCUT2D eigenvalue weighted by atomic mass is 9.93. The third-order valence-electron chi connectivity index (χ3n) is 4.48. The summed E-state index contributed by atoms with van der Waals surface area (Å²) in [4.78, 5) is 16.9. The zero-order valence-corrected chi connectivity index (χ0v) is 12.5. The molecule has 2 saturated heterocycles. The SMILES string of the molecule is C[C@@H]1OCCC[C@@H]1C(=O)N1CCN(Cc2ccon2)CC1. The average molecular weight is 293 g/mol. The Morgan fingerprint density at radius 3 is 2.86 bits per heavy atom. The fourth-order valence-corrected chi connectivity index (χ4v) is 3.16. The van der Waals surface area contributed by atoms with Gasteiger partial charge in [0.2, 0.25) is 5.91 Å². The van der Waals surface area contributed by atoms with Crippen LogP contribution in [0.3, 0.4) is 0 Å². The van der Waals surface area contributed by atoms with Crippen molar-refractivity contribution in [2.45, 2.75) is 32.4 Å². The van der Waals surface area contributed by atoms with E-state index >= 15 is 0 Å². The smallest absolute Gasteiger partial charge is 0.228 e. The molecule has 1 aromatic heterocycles. The second kappa shape index (κ2) is 6.58. The summed E-state index contributed by atoms with van der Waals surface area (Å²) in [6.45, 7) is 6.96. The minimum absolute atomic E-state index is 0.0424. The number of carbonyl (C=O) groups excluding carboxylic acids is 1. The van der Waals surface area contributed by atoms with Gasteiger partial charge >= 0.3 is 0 Å². The van der Waals surface area contributed by atoms with Gasteiger partial charge in [-0.15, -0.1) is 0 Å². The number of ether oxygens (including phenoxy) is 1. The summed E-state index contributed by atoms with van der Waals surface area (Å²) in [5.41, 5.74) is 0.948. The van der Waals surface area contributed by atoms with Crippen molar-refractivity contribution >= 4 is 5.91 Å². The van der Waals surface area contributed by atoms with Gasteiger partial charge in [-0.3, -0.25) is 9.69 Å². The number of nitrogens with zero attached hydrogens (tertiary/aromatic N) is 3. The van der Waals surface area contributed by atoms with Crippen LogP contribution in [0.5, 0.6) is 0 Å². The summed E-state index contributed by atoms with van der Waals surface area (Å²) < 4.78 is 10.5. The predicted octanol–water partition coefficient (Wildman–Crippen LogP) is 1.13. The van der Waals surface area contributed by atoms with Crippen molar-refractivity contribution in [2.75, 3.05) is 32.8 Å². The Morgan fingerprint density at radius 1 is 1.38 bits per heavy atom. The molecule has 3 heterocycles. The second-order valence-corrected chi connectivity index (χ2v) is 5.92. The van der Waals surface area contributed by atoms with E-state index < -0.39 is 0 Å². The molecule has 116 valence electrons. The highest BCUT2D eigenvalue weighted by Gasteiger charge is 2.33. The summed E-state index contributed by atoms with van der Waals surface area (Å²) in [6, 6.07) is 1.89. The zero-order valence-electron chi connectivity index (χ0n) is 12.5. The van der Waals surface area contributed by atoms with Gasteiger partial charge in [0.25, 0.3) is 0 Å². The summed E-state index contributed by atoms with van der Waals surface area (Å²) in [7, 11) is 0. The van der Waals surface area contributed by atoms with Crippen molar-refractivity contribution in [1.82, 2.24) is 15.0 Å². The number of aromatic nitrogens is 1. The van der Waals surface area contributed by atoms with Crippen LogP contribution in [-0.2, 0) is 16.1 Å². The molecule has 2 fully saturated rings. The quantitative estimate of drug-likeness (QED) is 0.836. The molecule has 21 heavy (non-hydrogen) atoms. The summed E-state index contributed by atoms with van der Waals surface area (Å²) in [5, 5.41) is 3.93. The van der Waals surface area contributed by atoms with E-state index in [2.05, 4.69) is 10.1 Å². The van der Waals surface area contributed by atoms with Crippen LogP contribution in [0.4, 0.5) is 0 Å². The molecule has 6 heteroatoms. The molecule has 1 amide bonds. The highest BCUT2D eigenvalue weighted by Crippen LogP contribution is 2.23. The van der Waals surface area contributed by atoms with Gasteiger partial charge in [-0.2, -0.15) is 0 Å². The molecule has 0 unspecified atom stereocenters. The highest BCUT2D eigenvalue weighted by molar-refractivity contribution is 5.79. The standard InChI is InChI=1S/C15H23N3O3/c1-12-14(3-2-9-20-12)15(19)18-7-5-17(6-8-18)11-13-4-10-21-16-13/h4,10,12,14H,2-3,5-9,11H2,1H3/t12-,14-/m0/s1. The fourth-order valence-electron chi connectivity index (χ4n) is 3.16. The van der Waals surface area contributed by atoms with E-state index in [1.165, 1.54) is 0 Å². The van der Waals surface area contributed by atoms with Crippen molar-refractivity contribution < 1.29 is 14.1 Å². The number of hydrogen-bond donors (Lipinski definition) is 0. The van der Waals surface area contributed by atoms with Crippen LogP contribution in [0.1, 0.15) is 25.5 Å². The van der Waals surface area contributed by atoms with E-state index in [1.807, 2.05) is 17.9 Å². The summed E-state index contributed by atoms with van der Waals surface area (Å²) >= 11 is 0. The van der Waals surface area contributed by atoms with Crippen LogP contribution in [0.2, 0.25) is 0 Å². The van der Waals surface area contributed by atoms with Gasteiger partial charge in [-0.1, -0.05) is 5.16 Å². The van der Waals surface area contributed by atoms with Crippen LogP contribution in [0, 0.1) is 5.92 Å². The van der Waals surface area contributed by atoms with Crippen LogP contribution in [-0.4, -0.2) is 59.8 Å². The van der Waals surface area contributed by atoms with Gasteiger partial charge in [-0.25, -0.2) is 0 Å². The van der Waals surface area contributed by atoms with Gasteiger partial charge in [0.1, 0.15) is 6.26 Å². The van der Waals surface area contributed by atoms with Gasteiger partial charge < -0.3 is 14.2 Å². The molecule has 0 bridgehead atoms. The lowest BCUT2D eigenvalue weighted by Gasteiger charge is -2.38. The summed E-state index contributed by atoms with van der Waals surface area (Å²) in [5.74, 6) is 0.309. The van der Waals surface area contributed by atoms with Crippen LogP contribution in [0.25, 0.3) is 0 Å². The maximum absolute atomic E-state index is 12.6. The van der Waals surface area contributed by atoms with Crippen molar-refractivity contribution in [2.24, 2.45) is 5.92 Å². The van der Waals surface area contributed by atoms with E-state index in [0.717, 1.165) is 57.9 Å². The molecule has 0 spiro atoms. The number of amides is 1.